The topological polar surface area (TPSA) is 76.2 Å². The summed E-state index contributed by atoms with van der Waals surface area (Å²) in [6.07, 6.45) is -3.15. The van der Waals surface area contributed by atoms with Crippen LogP contribution in [0.5, 0.6) is 0 Å². The molecule has 0 spiro atoms. The number of anilines is 1. The van der Waals surface area contributed by atoms with Crippen molar-refractivity contribution in [1.29, 1.82) is 0 Å². The molecule has 0 aliphatic carbocycles. The number of aromatic nitrogens is 1. The predicted molar refractivity (Wildman–Crippen MR) is 54.5 cm³/mol. The molecule has 0 atom stereocenters. The van der Waals surface area contributed by atoms with Crippen LogP contribution in [0.2, 0.25) is 0 Å². The van der Waals surface area contributed by atoms with Gasteiger partial charge in [-0.15, -0.1) is 11.6 Å². The molecule has 0 radical (unpaired) electrons. The summed E-state index contributed by atoms with van der Waals surface area (Å²) in [7, 11) is 0. The number of carbonyl (C=O) groups is 1. The highest BCUT2D eigenvalue weighted by molar-refractivity contribution is 6.17. The molecule has 88 valence electrons. The number of nitrogens with two attached hydrogens (primary N) is 1. The minimum atomic E-state index is -2.78. The zero-order valence-corrected chi connectivity index (χ0v) is 8.84. The van der Waals surface area contributed by atoms with E-state index in [1.807, 2.05) is 0 Å². The lowest BCUT2D eigenvalue weighted by Crippen LogP contribution is -2.09. The summed E-state index contributed by atoms with van der Waals surface area (Å²) in [4.78, 5) is 14.0. The minimum Gasteiger partial charge on any atom is -0.481 e. The van der Waals surface area contributed by atoms with Crippen molar-refractivity contribution < 1.29 is 18.7 Å². The Morgan fingerprint density at radius 2 is 2.19 bits per heavy atom. The number of alkyl halides is 3. The molecule has 3 N–H and O–H groups in total. The number of carboxylic acids is 1. The molecule has 7 heteroatoms. The Morgan fingerprint density at radius 3 is 2.62 bits per heavy atom. The van der Waals surface area contributed by atoms with Crippen molar-refractivity contribution >= 4 is 23.4 Å². The molecule has 16 heavy (non-hydrogen) atoms. The van der Waals surface area contributed by atoms with Gasteiger partial charge in [-0.3, -0.25) is 4.79 Å². The second-order valence-corrected chi connectivity index (χ2v) is 3.35. The first kappa shape index (κ1) is 12.6. The lowest BCUT2D eigenvalue weighted by molar-refractivity contribution is -0.136. The molecule has 0 saturated heterocycles. The number of carboxylic acid groups (broad SMARTS) is 1. The van der Waals surface area contributed by atoms with Gasteiger partial charge in [0.25, 0.3) is 6.43 Å². The number of pyridine rings is 1. The normalized spacial score (nSPS) is 10.8. The predicted octanol–water partition coefficient (Wildman–Crippen LogP) is 1.97. The molecule has 0 amide bonds. The van der Waals surface area contributed by atoms with Crippen LogP contribution in [0.3, 0.4) is 0 Å². The van der Waals surface area contributed by atoms with Crippen molar-refractivity contribution in [3.63, 3.8) is 0 Å². The van der Waals surface area contributed by atoms with Crippen LogP contribution in [-0.4, -0.2) is 16.1 Å². The highest BCUT2D eigenvalue weighted by Gasteiger charge is 2.18. The zero-order valence-electron chi connectivity index (χ0n) is 8.08. The molecule has 1 aromatic heterocycles. The molecule has 1 aromatic rings. The molecule has 0 saturated carbocycles. The number of hydrogen-bond donors (Lipinski definition) is 2. The Balaban J connectivity index is 3.20. The van der Waals surface area contributed by atoms with E-state index in [1.165, 1.54) is 6.07 Å². The average Bonchev–Trinajstić information content (AvgIpc) is 2.19. The van der Waals surface area contributed by atoms with Gasteiger partial charge in [0.05, 0.1) is 6.42 Å². The van der Waals surface area contributed by atoms with Crippen LogP contribution in [-0.2, 0) is 17.1 Å². The monoisotopic (exact) mass is 250 g/mol. The average molecular weight is 251 g/mol. The van der Waals surface area contributed by atoms with Gasteiger partial charge in [0.15, 0.2) is 0 Å². The molecular formula is C9H9ClF2N2O2. The zero-order chi connectivity index (χ0) is 12.3. The summed E-state index contributed by atoms with van der Waals surface area (Å²) >= 11 is 5.48. The fourth-order valence-electron chi connectivity index (χ4n) is 1.23. The van der Waals surface area contributed by atoms with Crippen LogP contribution in [0.25, 0.3) is 0 Å². The number of nitrogens with zero attached hydrogens (tertiary/aromatic N) is 1. The number of hydrogen-bond acceptors (Lipinski definition) is 3. The lowest BCUT2D eigenvalue weighted by atomic mass is 10.1. The Labute approximate surface area is 95.0 Å². The summed E-state index contributed by atoms with van der Waals surface area (Å²) in [5.74, 6) is -1.48. The van der Waals surface area contributed by atoms with Crippen molar-refractivity contribution in [3.05, 3.63) is 22.9 Å². The smallest absolute Gasteiger partial charge is 0.307 e. The van der Waals surface area contributed by atoms with Gasteiger partial charge in [-0.1, -0.05) is 0 Å². The van der Waals surface area contributed by atoms with E-state index in [-0.39, 0.29) is 29.2 Å². The van der Waals surface area contributed by atoms with Gasteiger partial charge in [0, 0.05) is 11.4 Å². The number of rotatable bonds is 4. The Kier molecular flexibility index (Phi) is 4.00. The quantitative estimate of drug-likeness (QED) is 0.801. The van der Waals surface area contributed by atoms with Crippen LogP contribution >= 0.6 is 11.6 Å². The van der Waals surface area contributed by atoms with E-state index in [0.717, 1.165) is 0 Å². The van der Waals surface area contributed by atoms with Gasteiger partial charge in [0.1, 0.15) is 11.5 Å². The summed E-state index contributed by atoms with van der Waals surface area (Å²) in [5.41, 5.74) is 5.17. The molecule has 0 aliphatic rings. The first-order valence-electron chi connectivity index (χ1n) is 4.29. The van der Waals surface area contributed by atoms with E-state index in [2.05, 4.69) is 4.98 Å². The maximum Gasteiger partial charge on any atom is 0.307 e. The first-order valence-corrected chi connectivity index (χ1v) is 4.83. The van der Waals surface area contributed by atoms with Crippen LogP contribution < -0.4 is 5.73 Å². The molecule has 0 bridgehead atoms. The Bertz CT molecular complexity index is 413. The van der Waals surface area contributed by atoms with Crippen molar-refractivity contribution in [2.75, 3.05) is 5.73 Å². The Morgan fingerprint density at radius 1 is 1.56 bits per heavy atom. The van der Waals surface area contributed by atoms with Crippen LogP contribution in [0, 0.1) is 0 Å². The third-order valence-corrected chi connectivity index (χ3v) is 2.23. The summed E-state index contributed by atoms with van der Waals surface area (Å²) in [5, 5.41) is 8.57. The maximum atomic E-state index is 12.5. The maximum absolute atomic E-state index is 12.5. The standard InChI is InChI=1S/C9H9ClF2N2O2/c10-3-5-1-4(2-6(15)16)9(13)14-7(5)8(11)12/h1,8H,2-3H2,(H2,13,14)(H,15,16). The van der Waals surface area contributed by atoms with Crippen molar-refractivity contribution in [2.45, 2.75) is 18.7 Å². The van der Waals surface area contributed by atoms with E-state index < -0.39 is 18.1 Å². The molecule has 0 aromatic carbocycles. The fourth-order valence-corrected chi connectivity index (χ4v) is 1.45. The second kappa shape index (κ2) is 5.07. The number of aliphatic carboxylic acids is 1. The second-order valence-electron chi connectivity index (χ2n) is 3.08. The molecule has 0 aliphatic heterocycles. The van der Waals surface area contributed by atoms with Gasteiger partial charge in [0.2, 0.25) is 0 Å². The number of halogens is 3. The van der Waals surface area contributed by atoms with E-state index in [9.17, 15) is 13.6 Å². The van der Waals surface area contributed by atoms with Gasteiger partial charge >= 0.3 is 5.97 Å². The molecule has 1 rings (SSSR count). The molecule has 0 unspecified atom stereocenters. The highest BCUT2D eigenvalue weighted by Crippen LogP contribution is 2.25. The third-order valence-electron chi connectivity index (χ3n) is 1.94. The largest absolute Gasteiger partial charge is 0.481 e. The third kappa shape index (κ3) is 2.79. The van der Waals surface area contributed by atoms with Gasteiger partial charge in [-0.25, -0.2) is 13.8 Å². The minimum absolute atomic E-state index is 0.0992. The van der Waals surface area contributed by atoms with Crippen molar-refractivity contribution in [2.24, 2.45) is 0 Å². The van der Waals surface area contributed by atoms with E-state index >= 15 is 0 Å². The van der Waals surface area contributed by atoms with Crippen LogP contribution in [0.15, 0.2) is 6.07 Å². The first-order chi connectivity index (χ1) is 7.45. The van der Waals surface area contributed by atoms with Gasteiger partial charge in [-0.05, 0) is 11.6 Å². The van der Waals surface area contributed by atoms with Gasteiger partial charge < -0.3 is 10.8 Å². The molecule has 4 nitrogen and oxygen atoms in total. The van der Waals surface area contributed by atoms with E-state index in [0.29, 0.717) is 0 Å². The summed E-state index contributed by atoms with van der Waals surface area (Å²) < 4.78 is 25.0. The lowest BCUT2D eigenvalue weighted by Gasteiger charge is -2.09. The summed E-state index contributed by atoms with van der Waals surface area (Å²) in [6, 6.07) is 1.25. The highest BCUT2D eigenvalue weighted by atomic mass is 35.5. The van der Waals surface area contributed by atoms with Crippen LogP contribution in [0.4, 0.5) is 14.6 Å². The van der Waals surface area contributed by atoms with E-state index in [4.69, 9.17) is 22.4 Å². The number of nitrogen functional groups attached to an aromatic ring is 1. The van der Waals surface area contributed by atoms with E-state index in [1.54, 1.807) is 0 Å². The Hall–Kier alpha value is -1.43. The molecule has 1 heterocycles. The SMILES string of the molecule is Nc1nc(C(F)F)c(CCl)cc1CC(=O)O. The van der Waals surface area contributed by atoms with Crippen molar-refractivity contribution in [3.8, 4) is 0 Å². The van der Waals surface area contributed by atoms with Crippen LogP contribution in [0.1, 0.15) is 23.2 Å². The fraction of sp³-hybridized carbons (Fsp3) is 0.333. The van der Waals surface area contributed by atoms with Gasteiger partial charge in [-0.2, -0.15) is 0 Å². The molecule has 0 fully saturated rings. The van der Waals surface area contributed by atoms with Crippen molar-refractivity contribution in [1.82, 2.24) is 4.98 Å². The molecular weight excluding hydrogens is 242 g/mol. The summed E-state index contributed by atoms with van der Waals surface area (Å²) in [6.45, 7) is 0.